The predicted molar refractivity (Wildman–Crippen MR) is 66.3 cm³/mol. The Morgan fingerprint density at radius 1 is 1.19 bits per heavy atom. The van der Waals surface area contributed by atoms with Crippen molar-refractivity contribution in [2.45, 2.75) is 0 Å². The molecule has 0 unspecified atom stereocenters. The molecule has 16 heavy (non-hydrogen) atoms. The van der Waals surface area contributed by atoms with Gasteiger partial charge in [0.1, 0.15) is 0 Å². The molecular formula is C11H12Cl2N2O. The number of benzene rings is 1. The second-order valence-electron chi connectivity index (χ2n) is 3.84. The van der Waals surface area contributed by atoms with Crippen LogP contribution in [0.5, 0.6) is 0 Å². The number of rotatable bonds is 1. The molecule has 0 atom stereocenters. The van der Waals surface area contributed by atoms with Gasteiger partial charge in [-0.25, -0.2) is 0 Å². The Hall–Kier alpha value is -0.930. The molecule has 86 valence electrons. The first-order valence-electron chi connectivity index (χ1n) is 5.02. The molecule has 1 aromatic rings. The number of piperazine rings is 1. The molecule has 0 bridgehead atoms. The van der Waals surface area contributed by atoms with Gasteiger partial charge in [-0.05, 0) is 18.2 Å². The second kappa shape index (κ2) is 4.52. The van der Waals surface area contributed by atoms with Gasteiger partial charge in [-0.1, -0.05) is 23.2 Å². The van der Waals surface area contributed by atoms with Crippen LogP contribution in [0, 0.1) is 0 Å². The van der Waals surface area contributed by atoms with Crippen LogP contribution in [0.1, 0.15) is 0 Å². The molecule has 0 aliphatic carbocycles. The third-order valence-corrected chi connectivity index (χ3v) is 3.46. The van der Waals surface area contributed by atoms with Crippen LogP contribution in [0.2, 0.25) is 10.0 Å². The van der Waals surface area contributed by atoms with Crippen LogP contribution in [0.3, 0.4) is 0 Å². The van der Waals surface area contributed by atoms with Crippen LogP contribution in [-0.4, -0.2) is 37.5 Å². The number of halogens is 2. The summed E-state index contributed by atoms with van der Waals surface area (Å²) in [5.41, 5.74) is 0.941. The maximum atomic E-state index is 11.6. The number of carbonyl (C=O) groups is 1. The van der Waals surface area contributed by atoms with Crippen LogP contribution < -0.4 is 4.90 Å². The average Bonchev–Trinajstić information content (AvgIpc) is 2.26. The van der Waals surface area contributed by atoms with Gasteiger partial charge in [0.15, 0.2) is 0 Å². The Morgan fingerprint density at radius 2 is 1.94 bits per heavy atom. The van der Waals surface area contributed by atoms with E-state index in [0.717, 1.165) is 18.8 Å². The second-order valence-corrected chi connectivity index (χ2v) is 4.65. The van der Waals surface area contributed by atoms with Crippen molar-refractivity contribution in [1.29, 1.82) is 0 Å². The van der Waals surface area contributed by atoms with Crippen LogP contribution in [0.25, 0.3) is 0 Å². The van der Waals surface area contributed by atoms with E-state index >= 15 is 0 Å². The van der Waals surface area contributed by atoms with Gasteiger partial charge in [-0.2, -0.15) is 0 Å². The smallest absolute Gasteiger partial charge is 0.241 e. The highest BCUT2D eigenvalue weighted by atomic mass is 35.5. The summed E-state index contributed by atoms with van der Waals surface area (Å²) in [5.74, 6) is 0.123. The summed E-state index contributed by atoms with van der Waals surface area (Å²) in [5, 5.41) is 1.05. The van der Waals surface area contributed by atoms with Gasteiger partial charge in [-0.15, -0.1) is 0 Å². The molecule has 0 radical (unpaired) electrons. The molecular weight excluding hydrogens is 247 g/mol. The molecule has 0 N–H and O–H groups in total. The monoisotopic (exact) mass is 258 g/mol. The summed E-state index contributed by atoms with van der Waals surface area (Å²) in [6, 6.07) is 5.43. The molecule has 1 fully saturated rings. The lowest BCUT2D eigenvalue weighted by Crippen LogP contribution is -2.48. The zero-order valence-corrected chi connectivity index (χ0v) is 10.4. The van der Waals surface area contributed by atoms with Crippen LogP contribution in [0.4, 0.5) is 5.69 Å². The quantitative estimate of drug-likeness (QED) is 0.772. The summed E-state index contributed by atoms with van der Waals surface area (Å²) < 4.78 is 0. The number of hydrogen-bond acceptors (Lipinski definition) is 2. The van der Waals surface area contributed by atoms with Crippen molar-refractivity contribution in [2.75, 3.05) is 31.6 Å². The molecule has 1 aliphatic rings. The first-order valence-corrected chi connectivity index (χ1v) is 5.77. The molecule has 0 aromatic heterocycles. The maximum absolute atomic E-state index is 11.6. The first kappa shape index (κ1) is 11.6. The minimum atomic E-state index is 0.123. The van der Waals surface area contributed by atoms with Crippen molar-refractivity contribution in [1.82, 2.24) is 4.90 Å². The fraction of sp³-hybridized carbons (Fsp3) is 0.364. The molecule has 1 saturated heterocycles. The zero-order valence-electron chi connectivity index (χ0n) is 8.91. The van der Waals surface area contributed by atoms with E-state index in [9.17, 15) is 4.79 Å². The molecule has 0 saturated carbocycles. The number of amides is 1. The van der Waals surface area contributed by atoms with Crippen molar-refractivity contribution in [2.24, 2.45) is 0 Å². The van der Waals surface area contributed by atoms with E-state index in [2.05, 4.69) is 0 Å². The van der Waals surface area contributed by atoms with E-state index in [-0.39, 0.29) is 5.91 Å². The topological polar surface area (TPSA) is 23.6 Å². The number of hydrogen-bond donors (Lipinski definition) is 0. The molecule has 2 rings (SSSR count). The summed E-state index contributed by atoms with van der Waals surface area (Å²) >= 11 is 11.8. The summed E-state index contributed by atoms with van der Waals surface area (Å²) in [6.07, 6.45) is 0. The van der Waals surface area contributed by atoms with Crippen molar-refractivity contribution < 1.29 is 4.79 Å². The Morgan fingerprint density at radius 3 is 2.56 bits per heavy atom. The van der Waals surface area contributed by atoms with Crippen molar-refractivity contribution in [3.05, 3.63) is 28.2 Å². The van der Waals surface area contributed by atoms with Crippen molar-refractivity contribution in [3.63, 3.8) is 0 Å². The number of nitrogens with zero attached hydrogens (tertiary/aromatic N) is 2. The van der Waals surface area contributed by atoms with Crippen LogP contribution >= 0.6 is 23.2 Å². The van der Waals surface area contributed by atoms with Crippen LogP contribution in [0.15, 0.2) is 18.2 Å². The summed E-state index contributed by atoms with van der Waals surface area (Å²) in [4.78, 5) is 15.3. The number of likely N-dealkylation sites (N-methyl/N-ethyl adjacent to an activating group) is 1. The largest absolute Gasteiger partial charge is 0.360 e. The lowest BCUT2D eigenvalue weighted by atomic mass is 10.2. The zero-order chi connectivity index (χ0) is 11.7. The van der Waals surface area contributed by atoms with Gasteiger partial charge in [0.05, 0.1) is 16.6 Å². The summed E-state index contributed by atoms with van der Waals surface area (Å²) in [6.45, 7) is 1.95. The van der Waals surface area contributed by atoms with E-state index in [0.29, 0.717) is 16.6 Å². The van der Waals surface area contributed by atoms with E-state index in [1.54, 1.807) is 17.0 Å². The van der Waals surface area contributed by atoms with Gasteiger partial charge >= 0.3 is 0 Å². The molecule has 1 heterocycles. The molecule has 5 heteroatoms. The standard InChI is InChI=1S/C11H12Cl2N2O/c1-14-4-5-15(7-11(14)16)8-2-3-9(12)10(13)6-8/h2-3,6H,4-5,7H2,1H3. The van der Waals surface area contributed by atoms with Gasteiger partial charge in [-0.3, -0.25) is 4.79 Å². The molecule has 1 aliphatic heterocycles. The number of anilines is 1. The summed E-state index contributed by atoms with van der Waals surface area (Å²) in [7, 11) is 1.81. The third-order valence-electron chi connectivity index (χ3n) is 2.73. The Labute approximate surface area is 105 Å². The molecule has 1 aromatic carbocycles. The highest BCUT2D eigenvalue weighted by Gasteiger charge is 2.21. The van der Waals surface area contributed by atoms with Gasteiger partial charge < -0.3 is 9.80 Å². The molecule has 1 amide bonds. The van der Waals surface area contributed by atoms with Crippen molar-refractivity contribution in [3.8, 4) is 0 Å². The Kier molecular flexibility index (Phi) is 3.26. The van der Waals surface area contributed by atoms with Crippen LogP contribution in [-0.2, 0) is 4.79 Å². The van der Waals surface area contributed by atoms with Gasteiger partial charge in [0, 0.05) is 25.8 Å². The molecule has 3 nitrogen and oxygen atoms in total. The van der Waals surface area contributed by atoms with Gasteiger partial charge in [0.25, 0.3) is 0 Å². The predicted octanol–water partition coefficient (Wildman–Crippen LogP) is 2.27. The fourth-order valence-electron chi connectivity index (χ4n) is 1.66. The van der Waals surface area contributed by atoms with E-state index < -0.39 is 0 Å². The normalized spacial score (nSPS) is 16.8. The Bertz CT molecular complexity index is 422. The van der Waals surface area contributed by atoms with Gasteiger partial charge in [0.2, 0.25) is 5.91 Å². The average molecular weight is 259 g/mol. The lowest BCUT2D eigenvalue weighted by Gasteiger charge is -2.33. The number of carbonyl (C=O) groups excluding carboxylic acids is 1. The highest BCUT2D eigenvalue weighted by molar-refractivity contribution is 6.42. The fourth-order valence-corrected chi connectivity index (χ4v) is 1.95. The van der Waals surface area contributed by atoms with Crippen molar-refractivity contribution >= 4 is 34.8 Å². The van der Waals surface area contributed by atoms with E-state index in [1.807, 2.05) is 18.0 Å². The SMILES string of the molecule is CN1CCN(c2ccc(Cl)c(Cl)c2)CC1=O. The third kappa shape index (κ3) is 2.25. The van der Waals surface area contributed by atoms with E-state index in [1.165, 1.54) is 0 Å². The van der Waals surface area contributed by atoms with E-state index in [4.69, 9.17) is 23.2 Å². The highest BCUT2D eigenvalue weighted by Crippen LogP contribution is 2.27. The molecule has 0 spiro atoms. The first-order chi connectivity index (χ1) is 7.58. The minimum absolute atomic E-state index is 0.123. The lowest BCUT2D eigenvalue weighted by molar-refractivity contribution is -0.129. The maximum Gasteiger partial charge on any atom is 0.241 e. The Balaban J connectivity index is 2.18. The minimum Gasteiger partial charge on any atom is -0.360 e.